The Hall–Kier alpha value is -4.17. The van der Waals surface area contributed by atoms with Crippen LogP contribution in [-0.4, -0.2) is 28.3 Å². The topological polar surface area (TPSA) is 74.8 Å². The van der Waals surface area contributed by atoms with Crippen LogP contribution in [-0.2, 0) is 9.53 Å². The van der Waals surface area contributed by atoms with Gasteiger partial charge < -0.3 is 14.0 Å². The van der Waals surface area contributed by atoms with Crippen molar-refractivity contribution in [1.82, 2.24) is 9.13 Å². The molecule has 0 bridgehead atoms. The highest BCUT2D eigenvalue weighted by Gasteiger charge is 2.33. The normalized spacial score (nSPS) is 15.2. The second-order valence-corrected chi connectivity index (χ2v) is 10.8. The van der Waals surface area contributed by atoms with Crippen LogP contribution in [0.3, 0.4) is 0 Å². The zero-order chi connectivity index (χ0) is 28.6. The molecule has 0 spiro atoms. The average Bonchev–Trinajstić information content (AvgIpc) is 3.38. The van der Waals surface area contributed by atoms with Crippen molar-refractivity contribution in [2.24, 2.45) is 4.99 Å². The summed E-state index contributed by atoms with van der Waals surface area (Å²) in [6.07, 6.45) is 1.93. The Morgan fingerprint density at radius 2 is 1.77 bits per heavy atom. The minimum Gasteiger partial charge on any atom is -0.494 e. The van der Waals surface area contributed by atoms with Crippen LogP contribution < -0.4 is 19.6 Å². The number of aryl methyl sites for hydroxylation is 2. The third kappa shape index (κ3) is 4.95. The van der Waals surface area contributed by atoms with Crippen LogP contribution in [0.1, 0.15) is 54.9 Å². The van der Waals surface area contributed by atoms with Gasteiger partial charge in [-0.1, -0.05) is 35.6 Å². The molecule has 3 heterocycles. The predicted molar refractivity (Wildman–Crippen MR) is 158 cm³/mol. The van der Waals surface area contributed by atoms with Gasteiger partial charge in [-0.05, 0) is 94.6 Å². The maximum absolute atomic E-state index is 14.0. The van der Waals surface area contributed by atoms with Gasteiger partial charge in [-0.2, -0.15) is 0 Å². The molecule has 5 rings (SSSR count). The number of thiazole rings is 1. The molecule has 0 N–H and O–H groups in total. The van der Waals surface area contributed by atoms with Gasteiger partial charge in [-0.15, -0.1) is 0 Å². The SMILES string of the molecule is CCOC(=O)C1=C(C)N=c2s/c(=C\c3cc(C)n(-c4cccc(C)c4)c3C)c(=O)n2[C@H]1c1ccc(OCC)cc1. The summed E-state index contributed by atoms with van der Waals surface area (Å²) in [5, 5.41) is 0. The molecule has 0 amide bonds. The molecule has 4 aromatic rings. The van der Waals surface area contributed by atoms with Gasteiger partial charge in [0.05, 0.1) is 35.1 Å². The fraction of sp³-hybridized carbons (Fsp3) is 0.281. The summed E-state index contributed by atoms with van der Waals surface area (Å²) in [5.41, 5.74) is 6.84. The number of ether oxygens (including phenoxy) is 2. The molecule has 1 aliphatic heterocycles. The lowest BCUT2D eigenvalue weighted by Crippen LogP contribution is -2.39. The standard InChI is InChI=1S/C32H33N3O4S/c1-7-38-26-14-12-23(13-15-26)29-28(31(37)39-8-2)21(5)33-32-35(29)30(36)27(40-32)18-24-17-20(4)34(22(24)6)25-11-9-10-19(3)16-25/h9-18,29H,7-8H2,1-6H3/b27-18-/t29-/m0/s1. The number of aromatic nitrogens is 2. The van der Waals surface area contributed by atoms with Crippen molar-refractivity contribution < 1.29 is 14.3 Å². The van der Waals surface area contributed by atoms with Crippen molar-refractivity contribution >= 4 is 23.4 Å². The lowest BCUT2D eigenvalue weighted by molar-refractivity contribution is -0.139. The number of benzene rings is 2. The maximum Gasteiger partial charge on any atom is 0.338 e. The molecule has 2 aromatic heterocycles. The summed E-state index contributed by atoms with van der Waals surface area (Å²) in [4.78, 5) is 32.4. The number of fused-ring (bicyclic) bond motifs is 1. The van der Waals surface area contributed by atoms with Crippen LogP contribution in [0.5, 0.6) is 5.75 Å². The fourth-order valence-corrected chi connectivity index (χ4v) is 6.30. The molecule has 0 radical (unpaired) electrons. The summed E-state index contributed by atoms with van der Waals surface area (Å²) < 4.78 is 15.4. The van der Waals surface area contributed by atoms with Crippen molar-refractivity contribution in [2.75, 3.05) is 13.2 Å². The van der Waals surface area contributed by atoms with E-state index in [0.717, 1.165) is 34.0 Å². The zero-order valence-electron chi connectivity index (χ0n) is 23.6. The molecular formula is C32H33N3O4S. The maximum atomic E-state index is 14.0. The third-order valence-electron chi connectivity index (χ3n) is 7.04. The van der Waals surface area contributed by atoms with E-state index in [9.17, 15) is 9.59 Å². The monoisotopic (exact) mass is 555 g/mol. The first-order valence-corrected chi connectivity index (χ1v) is 14.2. The van der Waals surface area contributed by atoms with E-state index in [1.54, 1.807) is 18.4 Å². The average molecular weight is 556 g/mol. The van der Waals surface area contributed by atoms with Crippen molar-refractivity contribution in [3.05, 3.63) is 114 Å². The Balaban J connectivity index is 1.67. The Morgan fingerprint density at radius 1 is 1.02 bits per heavy atom. The van der Waals surface area contributed by atoms with Gasteiger partial charge in [0.1, 0.15) is 5.75 Å². The van der Waals surface area contributed by atoms with Crippen LogP contribution in [0.15, 0.2) is 75.7 Å². The number of nitrogens with zero attached hydrogens (tertiary/aromatic N) is 3. The van der Waals surface area contributed by atoms with E-state index in [1.165, 1.54) is 16.9 Å². The van der Waals surface area contributed by atoms with Crippen LogP contribution >= 0.6 is 11.3 Å². The van der Waals surface area contributed by atoms with E-state index in [2.05, 4.69) is 54.6 Å². The van der Waals surface area contributed by atoms with Crippen molar-refractivity contribution in [1.29, 1.82) is 0 Å². The molecule has 0 saturated carbocycles. The minimum atomic E-state index is -0.659. The third-order valence-corrected chi connectivity index (χ3v) is 8.02. The number of hydrogen-bond donors (Lipinski definition) is 0. The van der Waals surface area contributed by atoms with Gasteiger partial charge in [0.2, 0.25) is 0 Å². The Bertz CT molecular complexity index is 1810. The smallest absolute Gasteiger partial charge is 0.338 e. The van der Waals surface area contributed by atoms with Gasteiger partial charge >= 0.3 is 5.97 Å². The molecule has 7 nitrogen and oxygen atoms in total. The van der Waals surface area contributed by atoms with E-state index in [1.807, 2.05) is 43.3 Å². The van der Waals surface area contributed by atoms with Crippen molar-refractivity contribution in [3.8, 4) is 11.4 Å². The molecular weight excluding hydrogens is 522 g/mol. The number of carbonyl (C=O) groups is 1. The lowest BCUT2D eigenvalue weighted by atomic mass is 9.96. The Morgan fingerprint density at radius 3 is 2.45 bits per heavy atom. The van der Waals surface area contributed by atoms with Gasteiger partial charge in [-0.25, -0.2) is 9.79 Å². The molecule has 1 atom stereocenters. The van der Waals surface area contributed by atoms with Gasteiger partial charge in [0.25, 0.3) is 5.56 Å². The first-order valence-electron chi connectivity index (χ1n) is 13.4. The van der Waals surface area contributed by atoms with Crippen LogP contribution in [0, 0.1) is 20.8 Å². The Kier molecular flexibility index (Phi) is 7.63. The molecule has 0 fully saturated rings. The summed E-state index contributed by atoms with van der Waals surface area (Å²) in [5.74, 6) is 0.250. The number of carbonyl (C=O) groups excluding carboxylic acids is 1. The fourth-order valence-electron chi connectivity index (χ4n) is 5.26. The van der Waals surface area contributed by atoms with Gasteiger partial charge in [0, 0.05) is 17.1 Å². The molecule has 0 aliphatic carbocycles. The van der Waals surface area contributed by atoms with E-state index in [0.29, 0.717) is 27.2 Å². The first-order chi connectivity index (χ1) is 19.2. The van der Waals surface area contributed by atoms with E-state index in [4.69, 9.17) is 9.47 Å². The number of allylic oxidation sites excluding steroid dienone is 1. The van der Waals surface area contributed by atoms with E-state index in [-0.39, 0.29) is 12.2 Å². The highest BCUT2D eigenvalue weighted by molar-refractivity contribution is 7.07. The van der Waals surface area contributed by atoms with Gasteiger partial charge in [0.15, 0.2) is 4.80 Å². The van der Waals surface area contributed by atoms with Crippen LogP contribution in [0.4, 0.5) is 0 Å². The zero-order valence-corrected chi connectivity index (χ0v) is 24.5. The predicted octanol–water partition coefficient (Wildman–Crippen LogP) is 4.91. The van der Waals surface area contributed by atoms with Crippen molar-refractivity contribution in [2.45, 2.75) is 47.6 Å². The van der Waals surface area contributed by atoms with Crippen molar-refractivity contribution in [3.63, 3.8) is 0 Å². The molecule has 0 unspecified atom stereocenters. The second kappa shape index (κ2) is 11.1. The molecule has 1 aliphatic rings. The largest absolute Gasteiger partial charge is 0.494 e. The first kappa shape index (κ1) is 27.4. The molecule has 40 heavy (non-hydrogen) atoms. The summed E-state index contributed by atoms with van der Waals surface area (Å²) in [6.45, 7) is 12.5. The Labute approximate surface area is 237 Å². The number of esters is 1. The number of hydrogen-bond acceptors (Lipinski definition) is 6. The molecule has 2 aromatic carbocycles. The molecule has 0 saturated heterocycles. The highest BCUT2D eigenvalue weighted by atomic mass is 32.1. The summed E-state index contributed by atoms with van der Waals surface area (Å²) in [6, 6.07) is 17.3. The van der Waals surface area contributed by atoms with E-state index >= 15 is 0 Å². The summed E-state index contributed by atoms with van der Waals surface area (Å²) in [7, 11) is 0. The lowest BCUT2D eigenvalue weighted by Gasteiger charge is -2.24. The number of rotatable bonds is 7. The highest BCUT2D eigenvalue weighted by Crippen LogP contribution is 2.31. The van der Waals surface area contributed by atoms with Crippen LogP contribution in [0.2, 0.25) is 0 Å². The molecule has 206 valence electrons. The molecule has 8 heteroatoms. The van der Waals surface area contributed by atoms with Crippen LogP contribution in [0.25, 0.3) is 11.8 Å². The summed E-state index contributed by atoms with van der Waals surface area (Å²) >= 11 is 1.33. The quantitative estimate of drug-likeness (QED) is 0.304. The van der Waals surface area contributed by atoms with E-state index < -0.39 is 12.0 Å². The van der Waals surface area contributed by atoms with Gasteiger partial charge in [-0.3, -0.25) is 9.36 Å². The minimum absolute atomic E-state index is 0.197. The second-order valence-electron chi connectivity index (χ2n) is 9.81.